The number of pyridine rings is 1. The molecule has 3 heterocycles. The molecule has 0 bridgehead atoms. The van der Waals surface area contributed by atoms with Crippen LogP contribution in [0.5, 0.6) is 5.75 Å². The van der Waals surface area contributed by atoms with Crippen molar-refractivity contribution in [2.24, 2.45) is 0 Å². The van der Waals surface area contributed by atoms with Gasteiger partial charge in [-0.25, -0.2) is 4.98 Å². The maximum Gasteiger partial charge on any atom is 0.142 e. The quantitative estimate of drug-likeness (QED) is 0.770. The number of ether oxygens (including phenoxy) is 1. The molecule has 5 heteroatoms. The first kappa shape index (κ1) is 15.0. The van der Waals surface area contributed by atoms with Crippen LogP contribution in [-0.2, 0) is 4.74 Å². The van der Waals surface area contributed by atoms with E-state index in [-0.39, 0.29) is 11.9 Å². The van der Waals surface area contributed by atoms with Crippen LogP contribution in [0.4, 0.5) is 5.82 Å². The SMILES string of the molecule is Cc1cccn2c(NC[C@@H]3CCCO3)c(-c3ccc(O)cc3)nc12. The number of imidazole rings is 1. The van der Waals surface area contributed by atoms with Crippen molar-refractivity contribution >= 4 is 11.5 Å². The molecule has 0 aliphatic carbocycles. The summed E-state index contributed by atoms with van der Waals surface area (Å²) in [5.41, 5.74) is 3.94. The zero-order valence-corrected chi connectivity index (χ0v) is 13.7. The molecular weight excluding hydrogens is 302 g/mol. The smallest absolute Gasteiger partial charge is 0.142 e. The van der Waals surface area contributed by atoms with Gasteiger partial charge >= 0.3 is 0 Å². The largest absolute Gasteiger partial charge is 0.508 e. The number of phenols is 1. The molecule has 1 aliphatic rings. The lowest BCUT2D eigenvalue weighted by molar-refractivity contribution is 0.120. The zero-order chi connectivity index (χ0) is 16.5. The van der Waals surface area contributed by atoms with Gasteiger partial charge in [0.2, 0.25) is 0 Å². The summed E-state index contributed by atoms with van der Waals surface area (Å²) < 4.78 is 7.81. The number of benzene rings is 1. The van der Waals surface area contributed by atoms with Crippen LogP contribution in [-0.4, -0.2) is 33.7 Å². The van der Waals surface area contributed by atoms with Crippen LogP contribution in [0.15, 0.2) is 42.6 Å². The van der Waals surface area contributed by atoms with Gasteiger partial charge in [0.25, 0.3) is 0 Å². The standard InChI is InChI=1S/C19H21N3O2/c1-13-4-2-10-22-18(13)21-17(14-6-8-15(23)9-7-14)19(22)20-12-16-5-3-11-24-16/h2,4,6-10,16,20,23H,3,5,11-12H2,1H3/t16-/m0/s1. The van der Waals surface area contributed by atoms with Gasteiger partial charge in [-0.05, 0) is 55.7 Å². The summed E-state index contributed by atoms with van der Waals surface area (Å²) in [6.07, 6.45) is 4.51. The minimum Gasteiger partial charge on any atom is -0.508 e. The highest BCUT2D eigenvalue weighted by Crippen LogP contribution is 2.31. The first-order valence-corrected chi connectivity index (χ1v) is 8.35. The second-order valence-corrected chi connectivity index (χ2v) is 6.26. The highest BCUT2D eigenvalue weighted by Gasteiger charge is 2.19. The number of nitrogens with one attached hydrogen (secondary N) is 1. The van der Waals surface area contributed by atoms with Gasteiger partial charge in [0, 0.05) is 24.9 Å². The van der Waals surface area contributed by atoms with Crippen molar-refractivity contribution in [1.82, 2.24) is 9.38 Å². The Balaban J connectivity index is 1.77. The van der Waals surface area contributed by atoms with Crippen LogP contribution in [0.25, 0.3) is 16.9 Å². The lowest BCUT2D eigenvalue weighted by Crippen LogP contribution is -2.19. The molecule has 0 radical (unpaired) electrons. The molecule has 2 N–H and O–H groups in total. The Hall–Kier alpha value is -2.53. The van der Waals surface area contributed by atoms with Crippen molar-refractivity contribution in [3.63, 3.8) is 0 Å². The van der Waals surface area contributed by atoms with Gasteiger partial charge in [0.05, 0.1) is 6.10 Å². The van der Waals surface area contributed by atoms with Gasteiger partial charge in [-0.1, -0.05) is 6.07 Å². The van der Waals surface area contributed by atoms with Crippen molar-refractivity contribution in [2.45, 2.75) is 25.9 Å². The number of aromatic nitrogens is 2. The van der Waals surface area contributed by atoms with Crippen LogP contribution < -0.4 is 5.32 Å². The monoisotopic (exact) mass is 323 g/mol. The first-order valence-electron chi connectivity index (χ1n) is 8.35. The summed E-state index contributed by atoms with van der Waals surface area (Å²) in [5, 5.41) is 13.1. The molecule has 1 aliphatic heterocycles. The summed E-state index contributed by atoms with van der Waals surface area (Å²) in [6, 6.07) is 11.3. The predicted octanol–water partition coefficient (Wildman–Crippen LogP) is 3.61. The Kier molecular flexibility index (Phi) is 3.86. The Labute approximate surface area is 140 Å². The van der Waals surface area contributed by atoms with Crippen molar-refractivity contribution in [1.29, 1.82) is 0 Å². The van der Waals surface area contributed by atoms with Gasteiger partial charge in [-0.2, -0.15) is 0 Å². The fourth-order valence-corrected chi connectivity index (χ4v) is 3.21. The third kappa shape index (κ3) is 2.71. The number of anilines is 1. The number of hydrogen-bond acceptors (Lipinski definition) is 4. The highest BCUT2D eigenvalue weighted by molar-refractivity contribution is 5.77. The number of hydrogen-bond donors (Lipinski definition) is 2. The Morgan fingerprint density at radius 3 is 2.88 bits per heavy atom. The average Bonchev–Trinajstić information content (AvgIpc) is 3.22. The molecule has 3 aromatic rings. The number of fused-ring (bicyclic) bond motifs is 1. The maximum atomic E-state index is 9.55. The van der Waals surface area contributed by atoms with E-state index in [4.69, 9.17) is 9.72 Å². The predicted molar refractivity (Wildman–Crippen MR) is 94.5 cm³/mol. The fourth-order valence-electron chi connectivity index (χ4n) is 3.21. The molecule has 0 amide bonds. The van der Waals surface area contributed by atoms with Crippen molar-refractivity contribution in [3.05, 3.63) is 48.2 Å². The molecular formula is C19H21N3O2. The van der Waals surface area contributed by atoms with Crippen LogP contribution >= 0.6 is 0 Å². The van der Waals surface area contributed by atoms with E-state index in [1.165, 1.54) is 0 Å². The number of aryl methyl sites for hydroxylation is 1. The molecule has 1 atom stereocenters. The molecule has 2 aromatic heterocycles. The number of aromatic hydroxyl groups is 1. The summed E-state index contributed by atoms with van der Waals surface area (Å²) in [4.78, 5) is 4.84. The van der Waals surface area contributed by atoms with E-state index < -0.39 is 0 Å². The number of nitrogens with zero attached hydrogens (tertiary/aromatic N) is 2. The van der Waals surface area contributed by atoms with E-state index in [9.17, 15) is 5.11 Å². The first-order chi connectivity index (χ1) is 11.7. The summed E-state index contributed by atoms with van der Waals surface area (Å²) in [7, 11) is 0. The van der Waals surface area contributed by atoms with Gasteiger partial charge < -0.3 is 15.2 Å². The Morgan fingerprint density at radius 2 is 2.12 bits per heavy atom. The molecule has 0 unspecified atom stereocenters. The second-order valence-electron chi connectivity index (χ2n) is 6.26. The molecule has 124 valence electrons. The second kappa shape index (κ2) is 6.17. The molecule has 24 heavy (non-hydrogen) atoms. The maximum absolute atomic E-state index is 9.55. The van der Waals surface area contributed by atoms with Crippen LogP contribution in [0.3, 0.4) is 0 Å². The van der Waals surface area contributed by atoms with Gasteiger partial charge in [0.1, 0.15) is 22.9 Å². The van der Waals surface area contributed by atoms with Gasteiger partial charge in [0.15, 0.2) is 0 Å². The van der Waals surface area contributed by atoms with Crippen LogP contribution in [0.2, 0.25) is 0 Å². The summed E-state index contributed by atoms with van der Waals surface area (Å²) in [6.45, 7) is 3.68. The van der Waals surface area contributed by atoms with E-state index in [2.05, 4.69) is 22.7 Å². The molecule has 0 spiro atoms. The van der Waals surface area contributed by atoms with Gasteiger partial charge in [-0.15, -0.1) is 0 Å². The van der Waals surface area contributed by atoms with E-state index in [0.29, 0.717) is 0 Å². The molecule has 1 saturated heterocycles. The van der Waals surface area contributed by atoms with E-state index in [1.807, 2.05) is 24.4 Å². The Bertz CT molecular complexity index is 849. The topological polar surface area (TPSA) is 58.8 Å². The van der Waals surface area contributed by atoms with Crippen molar-refractivity contribution in [3.8, 4) is 17.0 Å². The van der Waals surface area contributed by atoms with E-state index in [1.54, 1.807) is 12.1 Å². The average molecular weight is 323 g/mol. The summed E-state index contributed by atoms with van der Waals surface area (Å²) >= 11 is 0. The van der Waals surface area contributed by atoms with E-state index >= 15 is 0 Å². The third-order valence-corrected chi connectivity index (χ3v) is 4.51. The lowest BCUT2D eigenvalue weighted by Gasteiger charge is -2.13. The molecule has 4 rings (SSSR count). The lowest BCUT2D eigenvalue weighted by atomic mass is 10.1. The van der Waals surface area contributed by atoms with Gasteiger partial charge in [-0.3, -0.25) is 4.40 Å². The fraction of sp³-hybridized carbons (Fsp3) is 0.316. The molecule has 5 nitrogen and oxygen atoms in total. The molecule has 1 aromatic carbocycles. The molecule has 0 saturated carbocycles. The van der Waals surface area contributed by atoms with E-state index in [0.717, 1.165) is 54.3 Å². The zero-order valence-electron chi connectivity index (χ0n) is 13.7. The third-order valence-electron chi connectivity index (χ3n) is 4.51. The number of phenolic OH excluding ortho intramolecular Hbond substituents is 1. The summed E-state index contributed by atoms with van der Waals surface area (Å²) in [5.74, 6) is 1.22. The highest BCUT2D eigenvalue weighted by atomic mass is 16.5. The Morgan fingerprint density at radius 1 is 1.29 bits per heavy atom. The van der Waals surface area contributed by atoms with Crippen molar-refractivity contribution < 1.29 is 9.84 Å². The minimum atomic E-state index is 0.257. The van der Waals surface area contributed by atoms with Crippen LogP contribution in [0, 0.1) is 6.92 Å². The number of rotatable bonds is 4. The van der Waals surface area contributed by atoms with Crippen LogP contribution in [0.1, 0.15) is 18.4 Å². The normalized spacial score (nSPS) is 17.5. The molecule has 1 fully saturated rings. The minimum absolute atomic E-state index is 0.257. The van der Waals surface area contributed by atoms with Crippen molar-refractivity contribution in [2.75, 3.05) is 18.5 Å².